The van der Waals surface area contributed by atoms with Gasteiger partial charge in [-0.3, -0.25) is 4.79 Å². The topological polar surface area (TPSA) is 54.6 Å². The molecule has 0 bridgehead atoms. The second-order valence-electron chi connectivity index (χ2n) is 5.68. The van der Waals surface area contributed by atoms with Gasteiger partial charge in [0.15, 0.2) is 11.5 Å². The number of H-pyrrole nitrogens is 1. The molecule has 0 aliphatic rings. The highest BCUT2D eigenvalue weighted by atomic mass is 16.5. The van der Waals surface area contributed by atoms with Crippen LogP contribution in [0.5, 0.6) is 11.5 Å². The Hall–Kier alpha value is -2.95. The van der Waals surface area contributed by atoms with Crippen LogP contribution >= 0.6 is 0 Å². The molecule has 1 N–H and O–H groups in total. The summed E-state index contributed by atoms with van der Waals surface area (Å²) in [5, 5.41) is 1.02. The first-order valence-corrected chi connectivity index (χ1v) is 7.63. The van der Waals surface area contributed by atoms with Gasteiger partial charge in [0.1, 0.15) is 5.69 Å². The van der Waals surface area contributed by atoms with Crippen molar-refractivity contribution in [1.82, 2.24) is 4.98 Å². The van der Waals surface area contributed by atoms with Crippen LogP contribution in [0.4, 0.5) is 5.69 Å². The number of carbonyl (C=O) groups is 1. The Labute approximate surface area is 140 Å². The lowest BCUT2D eigenvalue weighted by Gasteiger charge is -2.18. The summed E-state index contributed by atoms with van der Waals surface area (Å²) in [6, 6.07) is 13.3. The van der Waals surface area contributed by atoms with Crippen LogP contribution in [0.25, 0.3) is 10.9 Å². The van der Waals surface area contributed by atoms with Crippen molar-refractivity contribution in [2.24, 2.45) is 0 Å². The maximum Gasteiger partial charge on any atom is 0.274 e. The largest absolute Gasteiger partial charge is 0.493 e. The Morgan fingerprint density at radius 3 is 2.46 bits per heavy atom. The molecule has 0 spiro atoms. The Kier molecular flexibility index (Phi) is 4.16. The SMILES string of the molecule is COc1ccc(N(C)C(=O)c2cc3ccc(C)cc3[nH]2)cc1OC. The van der Waals surface area contributed by atoms with E-state index in [0.29, 0.717) is 17.2 Å². The van der Waals surface area contributed by atoms with Crippen LogP contribution in [-0.2, 0) is 0 Å². The van der Waals surface area contributed by atoms with Gasteiger partial charge >= 0.3 is 0 Å². The predicted octanol–water partition coefficient (Wildman–Crippen LogP) is 3.77. The molecule has 3 aromatic rings. The summed E-state index contributed by atoms with van der Waals surface area (Å²) in [6.07, 6.45) is 0. The fraction of sp³-hybridized carbons (Fsp3) is 0.211. The molecule has 0 saturated heterocycles. The number of methoxy groups -OCH3 is 2. The molecule has 1 heterocycles. The monoisotopic (exact) mass is 324 g/mol. The fourth-order valence-electron chi connectivity index (χ4n) is 2.69. The van der Waals surface area contributed by atoms with Crippen LogP contribution < -0.4 is 14.4 Å². The van der Waals surface area contributed by atoms with E-state index in [0.717, 1.165) is 22.2 Å². The number of hydrogen-bond acceptors (Lipinski definition) is 3. The van der Waals surface area contributed by atoms with E-state index in [1.807, 2.05) is 37.3 Å². The van der Waals surface area contributed by atoms with Crippen molar-refractivity contribution < 1.29 is 14.3 Å². The molecule has 5 heteroatoms. The number of aromatic nitrogens is 1. The number of amides is 1. The number of nitrogens with one attached hydrogen (secondary N) is 1. The summed E-state index contributed by atoms with van der Waals surface area (Å²) in [5.41, 5.74) is 3.39. The zero-order chi connectivity index (χ0) is 17.3. The normalized spacial score (nSPS) is 10.7. The van der Waals surface area contributed by atoms with E-state index in [1.165, 1.54) is 0 Å². The van der Waals surface area contributed by atoms with Gasteiger partial charge in [-0.05, 0) is 36.8 Å². The minimum Gasteiger partial charge on any atom is -0.493 e. The van der Waals surface area contributed by atoms with Crippen molar-refractivity contribution in [3.8, 4) is 11.5 Å². The Balaban J connectivity index is 1.93. The van der Waals surface area contributed by atoms with Crippen molar-refractivity contribution in [3.63, 3.8) is 0 Å². The summed E-state index contributed by atoms with van der Waals surface area (Å²) in [4.78, 5) is 17.6. The van der Waals surface area contributed by atoms with Gasteiger partial charge in [-0.2, -0.15) is 0 Å². The minimum atomic E-state index is -0.115. The van der Waals surface area contributed by atoms with Crippen LogP contribution in [0.15, 0.2) is 42.5 Å². The van der Waals surface area contributed by atoms with Crippen LogP contribution in [0.1, 0.15) is 16.1 Å². The van der Waals surface area contributed by atoms with Crippen LogP contribution in [0, 0.1) is 6.92 Å². The first kappa shape index (κ1) is 15.9. The number of ether oxygens (including phenoxy) is 2. The number of aromatic amines is 1. The number of hydrogen-bond donors (Lipinski definition) is 1. The quantitative estimate of drug-likeness (QED) is 0.795. The van der Waals surface area contributed by atoms with Gasteiger partial charge in [0.2, 0.25) is 0 Å². The van der Waals surface area contributed by atoms with Gasteiger partial charge in [0.05, 0.1) is 14.2 Å². The Morgan fingerprint density at radius 1 is 1.00 bits per heavy atom. The zero-order valence-electron chi connectivity index (χ0n) is 14.2. The second-order valence-corrected chi connectivity index (χ2v) is 5.68. The van der Waals surface area contributed by atoms with E-state index in [2.05, 4.69) is 4.98 Å². The van der Waals surface area contributed by atoms with Gasteiger partial charge in [-0.25, -0.2) is 0 Å². The smallest absolute Gasteiger partial charge is 0.274 e. The third-order valence-electron chi connectivity index (χ3n) is 4.07. The summed E-state index contributed by atoms with van der Waals surface area (Å²) in [6.45, 7) is 2.03. The van der Waals surface area contributed by atoms with Crippen LogP contribution in [-0.4, -0.2) is 32.2 Å². The highest BCUT2D eigenvalue weighted by Gasteiger charge is 2.17. The first-order chi connectivity index (χ1) is 11.5. The van der Waals surface area contributed by atoms with E-state index in [4.69, 9.17) is 9.47 Å². The first-order valence-electron chi connectivity index (χ1n) is 7.63. The molecule has 0 radical (unpaired) electrons. The fourth-order valence-corrected chi connectivity index (χ4v) is 2.69. The number of nitrogens with zero attached hydrogens (tertiary/aromatic N) is 1. The van der Waals surface area contributed by atoms with Gasteiger partial charge < -0.3 is 19.4 Å². The number of fused-ring (bicyclic) bond motifs is 1. The molecule has 5 nitrogen and oxygen atoms in total. The lowest BCUT2D eigenvalue weighted by Crippen LogP contribution is -2.26. The third-order valence-corrected chi connectivity index (χ3v) is 4.07. The molecular weight excluding hydrogens is 304 g/mol. The van der Waals surface area contributed by atoms with Crippen molar-refractivity contribution >= 4 is 22.5 Å². The van der Waals surface area contributed by atoms with Gasteiger partial charge in [0, 0.05) is 29.7 Å². The number of rotatable bonds is 4. The van der Waals surface area contributed by atoms with Crippen molar-refractivity contribution in [2.45, 2.75) is 6.92 Å². The highest BCUT2D eigenvalue weighted by molar-refractivity contribution is 6.07. The standard InChI is InChI=1S/C19H20N2O3/c1-12-5-6-13-10-16(20-15(13)9-12)19(22)21(2)14-7-8-17(23-3)18(11-14)24-4/h5-11,20H,1-4H3. The lowest BCUT2D eigenvalue weighted by molar-refractivity contribution is 0.0989. The molecule has 0 fully saturated rings. The summed E-state index contributed by atoms with van der Waals surface area (Å²) in [7, 11) is 4.89. The van der Waals surface area contributed by atoms with Gasteiger partial charge in [-0.1, -0.05) is 12.1 Å². The third kappa shape index (κ3) is 2.80. The predicted molar refractivity (Wildman–Crippen MR) is 95.3 cm³/mol. The minimum absolute atomic E-state index is 0.115. The summed E-state index contributed by atoms with van der Waals surface area (Å²) in [5.74, 6) is 1.10. The summed E-state index contributed by atoms with van der Waals surface area (Å²) < 4.78 is 10.5. The van der Waals surface area contributed by atoms with Crippen LogP contribution in [0.2, 0.25) is 0 Å². The van der Waals surface area contributed by atoms with E-state index in [1.54, 1.807) is 38.3 Å². The molecule has 0 unspecified atom stereocenters. The molecular formula is C19H20N2O3. The molecule has 1 aromatic heterocycles. The van der Waals surface area contributed by atoms with Crippen LogP contribution in [0.3, 0.4) is 0 Å². The number of anilines is 1. The molecule has 0 atom stereocenters. The zero-order valence-corrected chi connectivity index (χ0v) is 14.2. The number of benzene rings is 2. The average Bonchev–Trinajstić information content (AvgIpc) is 3.02. The second kappa shape index (κ2) is 6.28. The molecule has 24 heavy (non-hydrogen) atoms. The average molecular weight is 324 g/mol. The molecule has 0 aliphatic carbocycles. The molecule has 124 valence electrons. The van der Waals surface area contributed by atoms with E-state index < -0.39 is 0 Å². The molecule has 0 saturated carbocycles. The number of carbonyl (C=O) groups excluding carboxylic acids is 1. The van der Waals surface area contributed by atoms with E-state index >= 15 is 0 Å². The Bertz CT molecular complexity index is 899. The number of aryl methyl sites for hydroxylation is 1. The molecule has 2 aromatic carbocycles. The van der Waals surface area contributed by atoms with E-state index in [9.17, 15) is 4.79 Å². The van der Waals surface area contributed by atoms with Gasteiger partial charge in [0.25, 0.3) is 5.91 Å². The van der Waals surface area contributed by atoms with Crippen molar-refractivity contribution in [2.75, 3.05) is 26.2 Å². The maximum absolute atomic E-state index is 12.8. The van der Waals surface area contributed by atoms with Crippen molar-refractivity contribution in [3.05, 3.63) is 53.7 Å². The molecule has 0 aliphatic heterocycles. The molecule has 1 amide bonds. The van der Waals surface area contributed by atoms with Crippen molar-refractivity contribution in [1.29, 1.82) is 0 Å². The maximum atomic E-state index is 12.8. The lowest BCUT2D eigenvalue weighted by atomic mass is 10.2. The molecule has 3 rings (SSSR count). The van der Waals surface area contributed by atoms with E-state index in [-0.39, 0.29) is 5.91 Å². The summed E-state index contributed by atoms with van der Waals surface area (Å²) >= 11 is 0. The highest BCUT2D eigenvalue weighted by Crippen LogP contribution is 2.31. The van der Waals surface area contributed by atoms with Gasteiger partial charge in [-0.15, -0.1) is 0 Å². The Morgan fingerprint density at radius 2 is 1.75 bits per heavy atom.